The van der Waals surface area contributed by atoms with Crippen LogP contribution in [0.4, 0.5) is 0 Å². The van der Waals surface area contributed by atoms with Crippen molar-refractivity contribution >= 4 is 7.60 Å². The maximum absolute atomic E-state index is 11.8. The van der Waals surface area contributed by atoms with Crippen LogP contribution in [0.15, 0.2) is 24.3 Å². The fourth-order valence-electron chi connectivity index (χ4n) is 1.30. The highest BCUT2D eigenvalue weighted by atomic mass is 31.2. The summed E-state index contributed by atoms with van der Waals surface area (Å²) in [5.41, 5.74) is 0.303. The van der Waals surface area contributed by atoms with E-state index in [1.54, 1.807) is 18.2 Å². The molecule has 0 amide bonds. The number of aliphatic hydroxyl groups excluding tert-OH is 1. The van der Waals surface area contributed by atoms with Gasteiger partial charge < -0.3 is 19.3 Å². The number of para-hydroxylation sites is 1. The van der Waals surface area contributed by atoms with Gasteiger partial charge in [0.2, 0.25) is 0 Å². The highest BCUT2D eigenvalue weighted by Gasteiger charge is 2.27. The molecule has 2 N–H and O–H groups in total. The number of aliphatic hydroxyl groups is 1. The summed E-state index contributed by atoms with van der Waals surface area (Å²) in [6.07, 6.45) is -1.29. The normalized spacial score (nSPS) is 13.7. The van der Waals surface area contributed by atoms with Crippen molar-refractivity contribution in [2.24, 2.45) is 0 Å². The van der Waals surface area contributed by atoms with Crippen molar-refractivity contribution in [1.82, 2.24) is 0 Å². The molecule has 1 aromatic carbocycles. The summed E-state index contributed by atoms with van der Waals surface area (Å²) < 4.78 is 21.2. The predicted molar refractivity (Wildman–Crippen MR) is 59.6 cm³/mol. The summed E-state index contributed by atoms with van der Waals surface area (Å²) in [6, 6.07) is 6.30. The average molecular weight is 246 g/mol. The Labute approximate surface area is 94.2 Å². The molecule has 16 heavy (non-hydrogen) atoms. The standard InChI is InChI=1S/C10H15O5P/c1-14-16(13,15-2)7-10(12)8-5-3-4-6-9(8)11/h3-6,10-12H,7H2,1-2H3/t10-/m0/s1. The van der Waals surface area contributed by atoms with Crippen LogP contribution >= 0.6 is 7.60 Å². The molecule has 0 aliphatic carbocycles. The largest absolute Gasteiger partial charge is 0.508 e. The lowest BCUT2D eigenvalue weighted by Crippen LogP contribution is -2.06. The molecule has 0 saturated heterocycles. The minimum absolute atomic E-state index is 0.0474. The quantitative estimate of drug-likeness (QED) is 0.776. The van der Waals surface area contributed by atoms with Crippen molar-refractivity contribution in [1.29, 1.82) is 0 Å². The number of phenols is 1. The Bertz CT molecular complexity index is 385. The molecule has 90 valence electrons. The number of hydrogen-bond acceptors (Lipinski definition) is 5. The van der Waals surface area contributed by atoms with Gasteiger partial charge in [-0.25, -0.2) is 0 Å². The second-order valence-corrected chi connectivity index (χ2v) is 5.55. The first-order chi connectivity index (χ1) is 7.52. The van der Waals surface area contributed by atoms with E-state index < -0.39 is 13.7 Å². The third-order valence-corrected chi connectivity index (χ3v) is 4.15. The summed E-state index contributed by atoms with van der Waals surface area (Å²) in [7, 11) is -0.780. The Balaban J connectivity index is 2.84. The molecule has 0 aliphatic heterocycles. The minimum atomic E-state index is -3.28. The highest BCUT2D eigenvalue weighted by Crippen LogP contribution is 2.49. The number of phenolic OH excluding ortho intramolecular Hbond substituents is 1. The van der Waals surface area contributed by atoms with Crippen LogP contribution in [-0.2, 0) is 13.6 Å². The Morgan fingerprint density at radius 2 is 1.88 bits per heavy atom. The Morgan fingerprint density at radius 1 is 1.31 bits per heavy atom. The van der Waals surface area contributed by atoms with Gasteiger partial charge in [0.1, 0.15) is 5.75 Å². The number of hydrogen-bond donors (Lipinski definition) is 2. The van der Waals surface area contributed by atoms with E-state index in [0.29, 0.717) is 5.56 Å². The summed E-state index contributed by atoms with van der Waals surface area (Å²) in [5.74, 6) is -0.0474. The lowest BCUT2D eigenvalue weighted by Gasteiger charge is -2.18. The van der Waals surface area contributed by atoms with Crippen molar-refractivity contribution in [2.45, 2.75) is 6.10 Å². The molecule has 0 bridgehead atoms. The first-order valence-electron chi connectivity index (χ1n) is 4.69. The molecule has 0 radical (unpaired) electrons. The molecule has 5 nitrogen and oxygen atoms in total. The maximum atomic E-state index is 11.8. The van der Waals surface area contributed by atoms with Gasteiger partial charge in [0.15, 0.2) is 0 Å². The third kappa shape index (κ3) is 3.06. The van der Waals surface area contributed by atoms with Crippen LogP contribution in [0, 0.1) is 0 Å². The van der Waals surface area contributed by atoms with E-state index in [2.05, 4.69) is 0 Å². The SMILES string of the molecule is COP(=O)(C[C@H](O)c1ccccc1O)OC. The second kappa shape index (κ2) is 5.46. The molecule has 0 heterocycles. The van der Waals surface area contributed by atoms with Crippen molar-refractivity contribution in [3.8, 4) is 5.75 Å². The van der Waals surface area contributed by atoms with E-state index in [9.17, 15) is 14.8 Å². The van der Waals surface area contributed by atoms with Gasteiger partial charge in [0.05, 0.1) is 12.3 Å². The van der Waals surface area contributed by atoms with Gasteiger partial charge in [-0.1, -0.05) is 18.2 Å². The van der Waals surface area contributed by atoms with Gasteiger partial charge in [0, 0.05) is 19.8 Å². The molecule has 1 rings (SSSR count). The Hall–Kier alpha value is -0.870. The second-order valence-electron chi connectivity index (χ2n) is 3.23. The van der Waals surface area contributed by atoms with Crippen molar-refractivity contribution in [2.75, 3.05) is 20.4 Å². The Morgan fingerprint density at radius 3 is 2.38 bits per heavy atom. The van der Waals surface area contributed by atoms with Crippen molar-refractivity contribution in [3.05, 3.63) is 29.8 Å². The molecule has 6 heteroatoms. The summed E-state index contributed by atoms with van der Waals surface area (Å²) in [5, 5.41) is 19.3. The van der Waals surface area contributed by atoms with E-state index in [4.69, 9.17) is 9.05 Å². The molecule has 1 atom stereocenters. The molecule has 1 aromatic rings. The summed E-state index contributed by atoms with van der Waals surface area (Å²) in [6.45, 7) is 0. The van der Waals surface area contributed by atoms with Gasteiger partial charge in [-0.05, 0) is 6.07 Å². The molecule has 0 aliphatic rings. The number of aromatic hydroxyl groups is 1. The summed E-state index contributed by atoms with van der Waals surface area (Å²) >= 11 is 0. The van der Waals surface area contributed by atoms with Crippen LogP contribution in [0.3, 0.4) is 0 Å². The van der Waals surface area contributed by atoms with Gasteiger partial charge in [-0.2, -0.15) is 0 Å². The molecule has 0 aromatic heterocycles. The van der Waals surface area contributed by atoms with Crippen molar-refractivity contribution in [3.63, 3.8) is 0 Å². The van der Waals surface area contributed by atoms with Gasteiger partial charge in [-0.15, -0.1) is 0 Å². The van der Waals surface area contributed by atoms with E-state index in [0.717, 1.165) is 0 Å². The number of benzene rings is 1. The first kappa shape index (κ1) is 13.2. The minimum Gasteiger partial charge on any atom is -0.508 e. The monoisotopic (exact) mass is 246 g/mol. The zero-order valence-electron chi connectivity index (χ0n) is 9.16. The summed E-state index contributed by atoms with van der Waals surface area (Å²) in [4.78, 5) is 0. The molecule has 0 unspecified atom stereocenters. The van der Waals surface area contributed by atoms with E-state index in [-0.39, 0.29) is 11.9 Å². The fraction of sp³-hybridized carbons (Fsp3) is 0.400. The zero-order valence-corrected chi connectivity index (χ0v) is 10.1. The smallest absolute Gasteiger partial charge is 0.333 e. The van der Waals surface area contributed by atoms with E-state index in [1.807, 2.05) is 0 Å². The lowest BCUT2D eigenvalue weighted by atomic mass is 10.1. The van der Waals surface area contributed by atoms with Crippen LogP contribution in [0.5, 0.6) is 5.75 Å². The first-order valence-corrected chi connectivity index (χ1v) is 6.41. The third-order valence-electron chi connectivity index (χ3n) is 2.25. The van der Waals surface area contributed by atoms with Crippen LogP contribution in [0.25, 0.3) is 0 Å². The lowest BCUT2D eigenvalue weighted by molar-refractivity contribution is 0.180. The van der Waals surface area contributed by atoms with Gasteiger partial charge >= 0.3 is 7.60 Å². The fourth-order valence-corrected chi connectivity index (χ4v) is 2.37. The van der Waals surface area contributed by atoms with Gasteiger partial charge in [0.25, 0.3) is 0 Å². The van der Waals surface area contributed by atoms with E-state index >= 15 is 0 Å². The van der Waals surface area contributed by atoms with Crippen molar-refractivity contribution < 1.29 is 23.8 Å². The van der Waals surface area contributed by atoms with Gasteiger partial charge in [-0.3, -0.25) is 4.57 Å². The molecule has 0 fully saturated rings. The van der Waals surface area contributed by atoms with Crippen LogP contribution in [0.1, 0.15) is 11.7 Å². The predicted octanol–water partition coefficient (Wildman–Crippen LogP) is 1.91. The molecular weight excluding hydrogens is 231 g/mol. The zero-order chi connectivity index (χ0) is 12.2. The number of rotatable bonds is 5. The average Bonchev–Trinajstić information content (AvgIpc) is 2.29. The topological polar surface area (TPSA) is 76.0 Å². The van der Waals surface area contributed by atoms with Crippen LogP contribution in [0.2, 0.25) is 0 Å². The molecular formula is C10H15O5P. The molecule has 0 spiro atoms. The maximum Gasteiger partial charge on any atom is 0.333 e. The molecule has 0 saturated carbocycles. The Kier molecular flexibility index (Phi) is 4.50. The van der Waals surface area contributed by atoms with Crippen LogP contribution < -0.4 is 0 Å². The van der Waals surface area contributed by atoms with Crippen LogP contribution in [-0.4, -0.2) is 30.6 Å². The highest BCUT2D eigenvalue weighted by molar-refractivity contribution is 7.53. The van der Waals surface area contributed by atoms with E-state index in [1.165, 1.54) is 20.3 Å².